The molecule has 8 heteroatoms. The lowest BCUT2D eigenvalue weighted by molar-refractivity contribution is -0.165. The van der Waals surface area contributed by atoms with Gasteiger partial charge in [-0.3, -0.25) is 14.4 Å². The van der Waals surface area contributed by atoms with E-state index in [0.717, 1.165) is 21.9 Å². The van der Waals surface area contributed by atoms with Crippen LogP contribution in [0.25, 0.3) is 21.9 Å². The molecule has 3 aromatic rings. The Kier molecular flexibility index (Phi) is 7.55. The summed E-state index contributed by atoms with van der Waals surface area (Å²) in [5, 5.41) is 2.17. The number of methoxy groups -OCH3 is 1. The van der Waals surface area contributed by atoms with Gasteiger partial charge in [-0.15, -0.1) is 0 Å². The minimum Gasteiger partial charge on any atom is -0.496 e. The first-order valence-electron chi connectivity index (χ1n) is 11.6. The normalized spacial score (nSPS) is 21.1. The average molecular weight is 493 g/mol. The third-order valence-corrected chi connectivity index (χ3v) is 6.00. The number of rotatable bonds is 7. The number of esters is 3. The highest BCUT2D eigenvalue weighted by Crippen LogP contribution is 2.43. The molecule has 8 nitrogen and oxygen atoms in total. The molecular formula is C28H28O8. The number of hydrogen-bond donors (Lipinski definition) is 0. The van der Waals surface area contributed by atoms with Crippen LogP contribution < -0.4 is 4.74 Å². The van der Waals surface area contributed by atoms with Crippen LogP contribution in [0.1, 0.15) is 32.4 Å². The molecule has 4 rings (SSSR count). The molecule has 1 aliphatic heterocycles. The number of ether oxygens (including phenoxy) is 5. The van der Waals surface area contributed by atoms with Crippen LogP contribution in [0.3, 0.4) is 0 Å². The third kappa shape index (κ3) is 5.33. The standard InChI is InChI=1S/C28H28O8/c1-16(29)33-15-25-27(34-17(2)30)28(35-18(3)31)26(36-25)23-14-20(12-13-24(23)32-4)22-11-7-9-19-8-5-6-10-21(19)22/h5-14,25-28H,15H2,1-4H3/t25-,26+,27-,28+/m1/s1. The van der Waals surface area contributed by atoms with E-state index in [1.54, 1.807) is 0 Å². The second-order valence-electron chi connectivity index (χ2n) is 8.53. The largest absolute Gasteiger partial charge is 0.496 e. The second kappa shape index (κ2) is 10.8. The van der Waals surface area contributed by atoms with E-state index in [2.05, 4.69) is 0 Å². The van der Waals surface area contributed by atoms with Crippen LogP contribution in [0.4, 0.5) is 0 Å². The summed E-state index contributed by atoms with van der Waals surface area (Å²) >= 11 is 0. The Labute approximate surface area is 209 Å². The van der Waals surface area contributed by atoms with Gasteiger partial charge in [-0.25, -0.2) is 0 Å². The monoisotopic (exact) mass is 492 g/mol. The second-order valence-corrected chi connectivity index (χ2v) is 8.53. The molecule has 1 heterocycles. The summed E-state index contributed by atoms with van der Waals surface area (Å²) in [4.78, 5) is 35.4. The highest BCUT2D eigenvalue weighted by molar-refractivity contribution is 5.96. The molecule has 4 atom stereocenters. The van der Waals surface area contributed by atoms with Gasteiger partial charge < -0.3 is 23.7 Å². The Hall–Kier alpha value is -3.91. The van der Waals surface area contributed by atoms with Gasteiger partial charge in [-0.2, -0.15) is 0 Å². The summed E-state index contributed by atoms with van der Waals surface area (Å²) in [7, 11) is 1.53. The van der Waals surface area contributed by atoms with Crippen LogP contribution in [0.15, 0.2) is 60.7 Å². The van der Waals surface area contributed by atoms with Gasteiger partial charge in [0, 0.05) is 26.3 Å². The number of hydrogen-bond acceptors (Lipinski definition) is 8. The van der Waals surface area contributed by atoms with Crippen LogP contribution in [0, 0.1) is 0 Å². The number of carbonyl (C=O) groups is 3. The molecule has 36 heavy (non-hydrogen) atoms. The average Bonchev–Trinajstić information content (AvgIpc) is 3.17. The Bertz CT molecular complexity index is 1280. The predicted octanol–water partition coefficient (Wildman–Crippen LogP) is 4.38. The quantitative estimate of drug-likeness (QED) is 0.354. The van der Waals surface area contributed by atoms with Crippen molar-refractivity contribution in [3.8, 4) is 16.9 Å². The van der Waals surface area contributed by atoms with Gasteiger partial charge in [0.25, 0.3) is 0 Å². The lowest BCUT2D eigenvalue weighted by Crippen LogP contribution is -2.40. The van der Waals surface area contributed by atoms with Crippen molar-refractivity contribution in [2.75, 3.05) is 13.7 Å². The van der Waals surface area contributed by atoms with Crippen LogP contribution in [0.2, 0.25) is 0 Å². The maximum Gasteiger partial charge on any atom is 0.303 e. The Morgan fingerprint density at radius 3 is 2.22 bits per heavy atom. The number of fused-ring (bicyclic) bond motifs is 1. The van der Waals surface area contributed by atoms with Gasteiger partial charge in [-0.05, 0) is 34.0 Å². The van der Waals surface area contributed by atoms with Crippen molar-refractivity contribution >= 4 is 28.7 Å². The first-order valence-corrected chi connectivity index (χ1v) is 11.6. The van der Waals surface area contributed by atoms with Crippen molar-refractivity contribution < 1.29 is 38.1 Å². The van der Waals surface area contributed by atoms with Gasteiger partial charge in [0.2, 0.25) is 0 Å². The molecule has 188 valence electrons. The molecule has 0 saturated carbocycles. The summed E-state index contributed by atoms with van der Waals surface area (Å²) in [5.74, 6) is -1.15. The smallest absolute Gasteiger partial charge is 0.303 e. The van der Waals surface area contributed by atoms with E-state index in [1.807, 2.05) is 60.7 Å². The molecule has 1 saturated heterocycles. The maximum absolute atomic E-state index is 12.0. The van der Waals surface area contributed by atoms with Gasteiger partial charge in [0.05, 0.1) is 7.11 Å². The van der Waals surface area contributed by atoms with Gasteiger partial charge in [0.1, 0.15) is 24.6 Å². The molecule has 0 amide bonds. The summed E-state index contributed by atoms with van der Waals surface area (Å²) in [6.07, 6.45) is -3.66. The number of benzene rings is 3. The Morgan fingerprint density at radius 1 is 0.833 bits per heavy atom. The summed E-state index contributed by atoms with van der Waals surface area (Å²) in [5.41, 5.74) is 2.52. The van der Waals surface area contributed by atoms with Crippen LogP contribution in [0.5, 0.6) is 5.75 Å². The first kappa shape index (κ1) is 25.2. The van der Waals surface area contributed by atoms with E-state index in [9.17, 15) is 14.4 Å². The summed E-state index contributed by atoms with van der Waals surface area (Å²) in [6, 6.07) is 19.8. The van der Waals surface area contributed by atoms with Crippen LogP contribution in [-0.4, -0.2) is 49.9 Å². The van der Waals surface area contributed by atoms with Crippen molar-refractivity contribution in [2.45, 2.75) is 45.2 Å². The zero-order valence-electron chi connectivity index (χ0n) is 20.6. The zero-order valence-corrected chi connectivity index (χ0v) is 20.6. The molecule has 0 unspecified atom stereocenters. The molecule has 1 fully saturated rings. The van der Waals surface area contributed by atoms with E-state index in [-0.39, 0.29) is 6.61 Å². The Morgan fingerprint density at radius 2 is 1.53 bits per heavy atom. The van der Waals surface area contributed by atoms with Crippen LogP contribution >= 0.6 is 0 Å². The van der Waals surface area contributed by atoms with Gasteiger partial charge in [-0.1, -0.05) is 48.5 Å². The highest BCUT2D eigenvalue weighted by atomic mass is 16.6. The van der Waals surface area contributed by atoms with E-state index in [1.165, 1.54) is 27.9 Å². The SMILES string of the molecule is COc1ccc(-c2cccc3ccccc23)cc1[C@@H]1O[C@H](COC(C)=O)[C@@H](OC(C)=O)[C@H]1OC(C)=O. The molecule has 1 aliphatic rings. The lowest BCUT2D eigenvalue weighted by atomic mass is 9.93. The molecule has 0 bridgehead atoms. The summed E-state index contributed by atoms with van der Waals surface area (Å²) < 4.78 is 28.1. The van der Waals surface area contributed by atoms with E-state index < -0.39 is 42.3 Å². The van der Waals surface area contributed by atoms with Crippen LogP contribution in [-0.2, 0) is 33.3 Å². The fraction of sp³-hybridized carbons (Fsp3) is 0.321. The van der Waals surface area contributed by atoms with Crippen molar-refractivity contribution in [1.82, 2.24) is 0 Å². The topological polar surface area (TPSA) is 97.4 Å². The minimum absolute atomic E-state index is 0.174. The van der Waals surface area contributed by atoms with E-state index in [0.29, 0.717) is 11.3 Å². The molecule has 0 N–H and O–H groups in total. The van der Waals surface area contributed by atoms with Crippen molar-refractivity contribution in [1.29, 1.82) is 0 Å². The molecule has 0 spiro atoms. The predicted molar refractivity (Wildman–Crippen MR) is 131 cm³/mol. The third-order valence-electron chi connectivity index (χ3n) is 6.00. The van der Waals surface area contributed by atoms with Crippen molar-refractivity contribution in [3.63, 3.8) is 0 Å². The van der Waals surface area contributed by atoms with Gasteiger partial charge in [0.15, 0.2) is 12.2 Å². The molecule has 3 aromatic carbocycles. The zero-order chi connectivity index (χ0) is 25.8. The number of carbonyl (C=O) groups excluding carboxylic acids is 3. The molecule has 0 radical (unpaired) electrons. The van der Waals surface area contributed by atoms with E-state index >= 15 is 0 Å². The summed E-state index contributed by atoms with van der Waals surface area (Å²) in [6.45, 7) is 3.62. The fourth-order valence-corrected chi connectivity index (χ4v) is 4.57. The van der Waals surface area contributed by atoms with Crippen molar-refractivity contribution in [2.24, 2.45) is 0 Å². The first-order chi connectivity index (χ1) is 17.3. The molecular weight excluding hydrogens is 464 g/mol. The van der Waals surface area contributed by atoms with Crippen molar-refractivity contribution in [3.05, 3.63) is 66.2 Å². The van der Waals surface area contributed by atoms with E-state index in [4.69, 9.17) is 23.7 Å². The molecule has 0 aromatic heterocycles. The maximum atomic E-state index is 12.0. The highest BCUT2D eigenvalue weighted by Gasteiger charge is 2.51. The fourth-order valence-electron chi connectivity index (χ4n) is 4.57. The lowest BCUT2D eigenvalue weighted by Gasteiger charge is -2.24. The Balaban J connectivity index is 1.81. The van der Waals surface area contributed by atoms with Gasteiger partial charge >= 0.3 is 17.9 Å². The minimum atomic E-state index is -0.985. The molecule has 0 aliphatic carbocycles.